The highest BCUT2D eigenvalue weighted by atomic mass is 16.4. The Morgan fingerprint density at radius 1 is 1.58 bits per heavy atom. The van der Waals surface area contributed by atoms with E-state index in [-0.39, 0.29) is 17.8 Å². The first kappa shape index (κ1) is 14.0. The first-order chi connectivity index (χ1) is 9.06. The lowest BCUT2D eigenvalue weighted by molar-refractivity contribution is -0.118. The van der Waals surface area contributed by atoms with Crippen LogP contribution in [0, 0.1) is 0 Å². The van der Waals surface area contributed by atoms with Crippen LogP contribution in [0.2, 0.25) is 0 Å². The van der Waals surface area contributed by atoms with E-state index in [1.54, 1.807) is 0 Å². The van der Waals surface area contributed by atoms with Crippen molar-refractivity contribution in [1.82, 2.24) is 20.4 Å². The van der Waals surface area contributed by atoms with Crippen LogP contribution in [-0.4, -0.2) is 53.2 Å². The van der Waals surface area contributed by atoms with Gasteiger partial charge in [0, 0.05) is 31.6 Å². The van der Waals surface area contributed by atoms with Crippen molar-refractivity contribution in [3.05, 3.63) is 5.89 Å². The molecule has 1 aromatic rings. The summed E-state index contributed by atoms with van der Waals surface area (Å²) >= 11 is 0. The van der Waals surface area contributed by atoms with Gasteiger partial charge in [0.15, 0.2) is 0 Å². The van der Waals surface area contributed by atoms with Gasteiger partial charge in [-0.05, 0) is 6.92 Å². The van der Waals surface area contributed by atoms with Gasteiger partial charge in [-0.15, -0.1) is 5.10 Å². The average molecular weight is 267 g/mol. The molecule has 1 aliphatic rings. The van der Waals surface area contributed by atoms with Gasteiger partial charge in [0.1, 0.15) is 0 Å². The Morgan fingerprint density at radius 2 is 2.37 bits per heavy atom. The normalized spacial score (nSPS) is 20.7. The van der Waals surface area contributed by atoms with Gasteiger partial charge in [-0.25, -0.2) is 0 Å². The Kier molecular flexibility index (Phi) is 4.49. The molecule has 1 atom stereocenters. The first-order valence-corrected chi connectivity index (χ1v) is 6.64. The summed E-state index contributed by atoms with van der Waals surface area (Å²) in [4.78, 5) is 14.0. The number of nitrogens with one attached hydrogen (secondary N) is 2. The van der Waals surface area contributed by atoms with Gasteiger partial charge in [0.2, 0.25) is 11.8 Å². The molecule has 0 aromatic carbocycles. The second-order valence-electron chi connectivity index (χ2n) is 5.17. The molecule has 2 N–H and O–H groups in total. The molecule has 2 rings (SSSR count). The first-order valence-electron chi connectivity index (χ1n) is 6.64. The van der Waals surface area contributed by atoms with E-state index in [1.807, 2.05) is 13.8 Å². The minimum atomic E-state index is -0.118. The van der Waals surface area contributed by atoms with Gasteiger partial charge in [-0.3, -0.25) is 15.0 Å². The second-order valence-corrected chi connectivity index (χ2v) is 5.17. The molecule has 0 bridgehead atoms. The predicted molar refractivity (Wildman–Crippen MR) is 70.9 cm³/mol. The van der Waals surface area contributed by atoms with Gasteiger partial charge >= 0.3 is 6.01 Å². The van der Waals surface area contributed by atoms with Crippen LogP contribution in [0.3, 0.4) is 0 Å². The van der Waals surface area contributed by atoms with Crippen molar-refractivity contribution in [3.8, 4) is 0 Å². The number of carbonyl (C=O) groups excluding carboxylic acids is 1. The third kappa shape index (κ3) is 3.74. The summed E-state index contributed by atoms with van der Waals surface area (Å²) < 4.78 is 5.35. The van der Waals surface area contributed by atoms with Crippen molar-refractivity contribution >= 4 is 11.9 Å². The number of piperazine rings is 1. The molecular formula is C12H21N5O2. The van der Waals surface area contributed by atoms with E-state index < -0.39 is 0 Å². The zero-order chi connectivity index (χ0) is 13.8. The lowest BCUT2D eigenvalue weighted by Crippen LogP contribution is -2.52. The Labute approximate surface area is 112 Å². The maximum absolute atomic E-state index is 11.9. The summed E-state index contributed by atoms with van der Waals surface area (Å²) in [7, 11) is 0. The van der Waals surface area contributed by atoms with Crippen molar-refractivity contribution in [2.75, 3.05) is 31.5 Å². The van der Waals surface area contributed by atoms with E-state index >= 15 is 0 Å². The number of amides is 1. The third-order valence-corrected chi connectivity index (χ3v) is 3.17. The topological polar surface area (TPSA) is 83.3 Å². The van der Waals surface area contributed by atoms with Gasteiger partial charge in [0.25, 0.3) is 0 Å². The SMILES string of the molecule is CC(C)c1nnc(NC(=O)CN2CCNCC2C)o1. The zero-order valence-electron chi connectivity index (χ0n) is 11.6. The van der Waals surface area contributed by atoms with Crippen molar-refractivity contribution in [1.29, 1.82) is 0 Å². The van der Waals surface area contributed by atoms with Crippen LogP contribution in [0.4, 0.5) is 6.01 Å². The molecule has 1 amide bonds. The summed E-state index contributed by atoms with van der Waals surface area (Å²) in [6.07, 6.45) is 0. The number of hydrogen-bond donors (Lipinski definition) is 2. The van der Waals surface area contributed by atoms with E-state index in [9.17, 15) is 4.79 Å². The van der Waals surface area contributed by atoms with Crippen LogP contribution in [0.1, 0.15) is 32.6 Å². The van der Waals surface area contributed by atoms with Crippen molar-refractivity contribution in [2.24, 2.45) is 0 Å². The van der Waals surface area contributed by atoms with Crippen LogP contribution >= 0.6 is 0 Å². The third-order valence-electron chi connectivity index (χ3n) is 3.17. The van der Waals surface area contributed by atoms with E-state index in [0.717, 1.165) is 19.6 Å². The molecule has 7 nitrogen and oxygen atoms in total. The fourth-order valence-corrected chi connectivity index (χ4v) is 1.98. The second kappa shape index (κ2) is 6.12. The van der Waals surface area contributed by atoms with Crippen LogP contribution in [-0.2, 0) is 4.79 Å². The van der Waals surface area contributed by atoms with Crippen LogP contribution in [0.25, 0.3) is 0 Å². The molecular weight excluding hydrogens is 246 g/mol. The summed E-state index contributed by atoms with van der Waals surface area (Å²) in [5.41, 5.74) is 0. The van der Waals surface area contributed by atoms with Crippen molar-refractivity contribution < 1.29 is 9.21 Å². The number of aromatic nitrogens is 2. The molecule has 1 fully saturated rings. The minimum absolute atomic E-state index is 0.118. The van der Waals surface area contributed by atoms with Gasteiger partial charge in [-0.1, -0.05) is 18.9 Å². The summed E-state index contributed by atoms with van der Waals surface area (Å²) in [5, 5.41) is 13.6. The Balaban J connectivity index is 1.86. The molecule has 1 aliphatic heterocycles. The largest absolute Gasteiger partial charge is 0.408 e. The van der Waals surface area contributed by atoms with Gasteiger partial charge in [0.05, 0.1) is 6.54 Å². The van der Waals surface area contributed by atoms with E-state index in [2.05, 4.69) is 32.7 Å². The smallest absolute Gasteiger partial charge is 0.322 e. The Hall–Kier alpha value is -1.47. The molecule has 0 saturated carbocycles. The summed E-state index contributed by atoms with van der Waals surface area (Å²) in [5.74, 6) is 0.574. The van der Waals surface area contributed by atoms with Crippen LogP contribution < -0.4 is 10.6 Å². The molecule has 0 radical (unpaired) electrons. The standard InChI is InChI=1S/C12H21N5O2/c1-8(2)11-15-16-12(19-11)14-10(18)7-17-5-4-13-6-9(17)3/h8-9,13H,4-7H2,1-3H3,(H,14,16,18). The molecule has 2 heterocycles. The maximum Gasteiger partial charge on any atom is 0.322 e. The fraction of sp³-hybridized carbons (Fsp3) is 0.750. The highest BCUT2D eigenvalue weighted by molar-refractivity contribution is 5.90. The number of anilines is 1. The molecule has 1 aromatic heterocycles. The van der Waals surface area contributed by atoms with Crippen molar-refractivity contribution in [3.63, 3.8) is 0 Å². The molecule has 106 valence electrons. The number of nitrogens with zero attached hydrogens (tertiary/aromatic N) is 3. The highest BCUT2D eigenvalue weighted by Crippen LogP contribution is 2.14. The molecule has 1 unspecified atom stereocenters. The fourth-order valence-electron chi connectivity index (χ4n) is 1.98. The monoisotopic (exact) mass is 267 g/mol. The zero-order valence-corrected chi connectivity index (χ0v) is 11.6. The number of hydrogen-bond acceptors (Lipinski definition) is 6. The molecule has 7 heteroatoms. The maximum atomic E-state index is 11.9. The van der Waals surface area contributed by atoms with Crippen LogP contribution in [0.5, 0.6) is 0 Å². The molecule has 1 saturated heterocycles. The summed E-state index contributed by atoms with van der Waals surface area (Å²) in [6.45, 7) is 9.06. The van der Waals surface area contributed by atoms with Crippen molar-refractivity contribution in [2.45, 2.75) is 32.7 Å². The van der Waals surface area contributed by atoms with E-state index in [0.29, 0.717) is 18.5 Å². The lowest BCUT2D eigenvalue weighted by Gasteiger charge is -2.32. The average Bonchev–Trinajstić information content (AvgIpc) is 2.80. The Morgan fingerprint density at radius 3 is 3.00 bits per heavy atom. The van der Waals surface area contributed by atoms with Gasteiger partial charge < -0.3 is 9.73 Å². The van der Waals surface area contributed by atoms with E-state index in [4.69, 9.17) is 4.42 Å². The minimum Gasteiger partial charge on any atom is -0.408 e. The lowest BCUT2D eigenvalue weighted by atomic mass is 10.2. The van der Waals surface area contributed by atoms with Crippen LogP contribution in [0.15, 0.2) is 4.42 Å². The number of rotatable bonds is 4. The highest BCUT2D eigenvalue weighted by Gasteiger charge is 2.21. The van der Waals surface area contributed by atoms with E-state index in [1.165, 1.54) is 0 Å². The quantitative estimate of drug-likeness (QED) is 0.823. The number of carbonyl (C=O) groups is 1. The Bertz CT molecular complexity index is 432. The molecule has 0 aliphatic carbocycles. The molecule has 19 heavy (non-hydrogen) atoms. The predicted octanol–water partition coefficient (Wildman–Crippen LogP) is 0.425. The van der Waals surface area contributed by atoms with Gasteiger partial charge in [-0.2, -0.15) is 0 Å². The molecule has 0 spiro atoms. The summed E-state index contributed by atoms with van der Waals surface area (Å²) in [6, 6.07) is 0.532.